The third-order valence-corrected chi connectivity index (χ3v) is 5.70. The molecule has 0 spiro atoms. The van der Waals surface area contributed by atoms with Crippen LogP contribution in [0.2, 0.25) is 0 Å². The van der Waals surface area contributed by atoms with E-state index in [1.807, 2.05) is 30.9 Å². The molecule has 8 nitrogen and oxygen atoms in total. The van der Waals surface area contributed by atoms with E-state index < -0.39 is 0 Å². The van der Waals surface area contributed by atoms with E-state index in [1.165, 1.54) is 0 Å². The molecule has 8 heteroatoms. The molecule has 2 N–H and O–H groups in total. The Morgan fingerprint density at radius 3 is 3.03 bits per heavy atom. The minimum absolute atomic E-state index is 0.0332. The first-order valence-corrected chi connectivity index (χ1v) is 10.1. The first-order valence-electron chi connectivity index (χ1n) is 10.1. The number of ether oxygens (including phenoxy) is 2. The molecule has 1 saturated heterocycles. The number of carbonyl (C=O) groups excluding carboxylic acids is 1. The Morgan fingerprint density at radius 2 is 2.31 bits per heavy atom. The Labute approximate surface area is 171 Å². The van der Waals surface area contributed by atoms with Gasteiger partial charge in [-0.25, -0.2) is 5.43 Å². The van der Waals surface area contributed by atoms with Crippen molar-refractivity contribution in [2.24, 2.45) is 5.10 Å². The molecule has 29 heavy (non-hydrogen) atoms. The molecule has 2 unspecified atom stereocenters. The highest BCUT2D eigenvalue weighted by Gasteiger charge is 2.37. The number of likely N-dealkylation sites (N-methyl/N-ethyl adjacent to an activating group) is 1. The highest BCUT2D eigenvalue weighted by Crippen LogP contribution is 2.40. The normalized spacial score (nSPS) is 26.5. The van der Waals surface area contributed by atoms with Crippen molar-refractivity contribution in [2.45, 2.75) is 38.8 Å². The van der Waals surface area contributed by atoms with E-state index in [2.05, 4.69) is 40.8 Å². The lowest BCUT2D eigenvalue weighted by Gasteiger charge is -2.39. The maximum Gasteiger partial charge on any atom is 0.262 e. The van der Waals surface area contributed by atoms with E-state index in [0.29, 0.717) is 19.0 Å². The van der Waals surface area contributed by atoms with Crippen LogP contribution in [0, 0.1) is 0 Å². The number of fused-ring (bicyclic) bond motifs is 3. The summed E-state index contributed by atoms with van der Waals surface area (Å²) in [5.41, 5.74) is 5.36. The van der Waals surface area contributed by atoms with Crippen molar-refractivity contribution in [1.29, 1.82) is 0 Å². The number of hydrogen-bond acceptors (Lipinski definition) is 7. The second-order valence-electron chi connectivity index (χ2n) is 8.18. The van der Waals surface area contributed by atoms with Gasteiger partial charge in [0.15, 0.2) is 5.84 Å². The number of nitrogens with zero attached hydrogens (tertiary/aromatic N) is 3. The molecule has 1 fully saturated rings. The van der Waals surface area contributed by atoms with Crippen molar-refractivity contribution >= 4 is 29.2 Å². The molecule has 1 amide bonds. The molecule has 2 atom stereocenters. The number of carbonyl (C=O) groups is 1. The number of anilines is 2. The van der Waals surface area contributed by atoms with E-state index in [9.17, 15) is 4.79 Å². The van der Waals surface area contributed by atoms with Crippen LogP contribution in [-0.4, -0.2) is 61.6 Å². The number of hydrazone groups is 1. The highest BCUT2D eigenvalue weighted by molar-refractivity contribution is 6.09. The Hall–Kier alpha value is -2.74. The largest absolute Gasteiger partial charge is 0.501 e. The lowest BCUT2D eigenvalue weighted by atomic mass is 9.99. The molecule has 0 aromatic heterocycles. The first kappa shape index (κ1) is 19.6. The van der Waals surface area contributed by atoms with Crippen molar-refractivity contribution in [3.63, 3.8) is 0 Å². The molecule has 0 aliphatic carbocycles. The van der Waals surface area contributed by atoms with Gasteiger partial charge in [0.2, 0.25) is 0 Å². The van der Waals surface area contributed by atoms with E-state index in [0.717, 1.165) is 42.2 Å². The molecule has 1 aromatic carbocycles. The molecule has 0 bridgehead atoms. The number of nitrogens with one attached hydrogen (secondary N) is 2. The van der Waals surface area contributed by atoms with Crippen LogP contribution in [0.3, 0.4) is 0 Å². The van der Waals surface area contributed by atoms with Gasteiger partial charge in [-0.1, -0.05) is 0 Å². The predicted octanol–water partition coefficient (Wildman–Crippen LogP) is 2.23. The number of benzene rings is 1. The summed E-state index contributed by atoms with van der Waals surface area (Å²) in [4.78, 5) is 16.5. The van der Waals surface area contributed by atoms with Crippen LogP contribution in [-0.2, 0) is 9.53 Å². The maximum atomic E-state index is 12.2. The van der Waals surface area contributed by atoms with E-state index in [1.54, 1.807) is 6.26 Å². The van der Waals surface area contributed by atoms with Crippen LogP contribution in [0.5, 0.6) is 5.75 Å². The summed E-state index contributed by atoms with van der Waals surface area (Å²) in [6.45, 7) is 9.03. The topological polar surface area (TPSA) is 78.4 Å². The first-order chi connectivity index (χ1) is 13.9. The molecule has 0 saturated carbocycles. The fraction of sp³-hybridized carbons (Fsp3) is 0.524. The fourth-order valence-electron chi connectivity index (χ4n) is 4.17. The van der Waals surface area contributed by atoms with Crippen molar-refractivity contribution < 1.29 is 14.3 Å². The third kappa shape index (κ3) is 3.76. The van der Waals surface area contributed by atoms with Crippen LogP contribution in [0.25, 0.3) is 6.08 Å². The monoisotopic (exact) mass is 399 g/mol. The molecule has 3 aliphatic heterocycles. The zero-order chi connectivity index (χ0) is 20.6. The van der Waals surface area contributed by atoms with E-state index >= 15 is 0 Å². The second-order valence-corrected chi connectivity index (χ2v) is 8.18. The molecule has 0 radical (unpaired) electrons. The summed E-state index contributed by atoms with van der Waals surface area (Å²) >= 11 is 0. The molecular formula is C21H29N5O3. The SMILES string of the molecule is CCOC=Cc1cc2c(cc1NC1(C)CCN(C)C1)N1C(=NNC(=O)C1C)CO2. The van der Waals surface area contributed by atoms with Crippen LogP contribution in [0.4, 0.5) is 11.4 Å². The molecule has 3 heterocycles. The van der Waals surface area contributed by atoms with Crippen LogP contribution >= 0.6 is 0 Å². The number of likely N-dealkylation sites (tertiary alicyclic amines) is 1. The molecule has 3 aliphatic rings. The Morgan fingerprint density at radius 1 is 1.48 bits per heavy atom. The van der Waals surface area contributed by atoms with Gasteiger partial charge >= 0.3 is 0 Å². The quantitative estimate of drug-likeness (QED) is 0.740. The average molecular weight is 399 g/mol. The lowest BCUT2D eigenvalue weighted by Crippen LogP contribution is -2.55. The second kappa shape index (κ2) is 7.59. The zero-order valence-electron chi connectivity index (χ0n) is 17.5. The summed E-state index contributed by atoms with van der Waals surface area (Å²) in [6.07, 6.45) is 4.72. The summed E-state index contributed by atoms with van der Waals surface area (Å²) in [5.74, 6) is 1.32. The Balaban J connectivity index is 1.75. The molecule has 4 rings (SSSR count). The van der Waals surface area contributed by atoms with Gasteiger partial charge < -0.3 is 24.6 Å². The van der Waals surface area contributed by atoms with Gasteiger partial charge in [0.25, 0.3) is 5.91 Å². The zero-order valence-corrected chi connectivity index (χ0v) is 17.5. The fourth-order valence-corrected chi connectivity index (χ4v) is 4.17. The van der Waals surface area contributed by atoms with Crippen LogP contribution in [0.1, 0.15) is 32.8 Å². The average Bonchev–Trinajstić information content (AvgIpc) is 3.03. The lowest BCUT2D eigenvalue weighted by molar-refractivity contribution is -0.122. The number of amidine groups is 1. The summed E-state index contributed by atoms with van der Waals surface area (Å²) in [6, 6.07) is 3.72. The van der Waals surface area contributed by atoms with Crippen LogP contribution < -0.4 is 20.4 Å². The smallest absolute Gasteiger partial charge is 0.262 e. The van der Waals surface area contributed by atoms with Gasteiger partial charge in [-0.15, -0.1) is 0 Å². The van der Waals surface area contributed by atoms with Crippen molar-refractivity contribution in [3.8, 4) is 5.75 Å². The standard InChI is InChI=1S/C21H29N5O3/c1-5-28-9-6-15-10-18-17(11-16(15)22-21(3)7-8-25(4)13-21)26-14(2)20(27)24-23-19(26)12-29-18/h6,9-11,14,22H,5,7-8,12-13H2,1-4H3,(H,24,27). The maximum absolute atomic E-state index is 12.2. The Bertz CT molecular complexity index is 868. The van der Waals surface area contributed by atoms with Gasteiger partial charge in [-0.05, 0) is 52.4 Å². The van der Waals surface area contributed by atoms with E-state index in [4.69, 9.17) is 9.47 Å². The summed E-state index contributed by atoms with van der Waals surface area (Å²) in [5, 5.41) is 7.92. The van der Waals surface area contributed by atoms with Gasteiger partial charge in [-0.2, -0.15) is 5.10 Å². The number of hydrogen-bond donors (Lipinski definition) is 2. The summed E-state index contributed by atoms with van der Waals surface area (Å²) in [7, 11) is 2.14. The minimum Gasteiger partial charge on any atom is -0.501 e. The van der Waals surface area contributed by atoms with E-state index in [-0.39, 0.29) is 17.5 Å². The Kier molecular flexibility index (Phi) is 5.12. The van der Waals surface area contributed by atoms with Gasteiger partial charge in [-0.3, -0.25) is 4.79 Å². The summed E-state index contributed by atoms with van der Waals surface area (Å²) < 4.78 is 11.4. The molecule has 156 valence electrons. The third-order valence-electron chi connectivity index (χ3n) is 5.70. The van der Waals surface area contributed by atoms with Gasteiger partial charge in [0.05, 0.1) is 18.6 Å². The van der Waals surface area contributed by atoms with Gasteiger partial charge in [0.1, 0.15) is 18.4 Å². The molecule has 1 aromatic rings. The van der Waals surface area contributed by atoms with Crippen molar-refractivity contribution in [2.75, 3.05) is 43.6 Å². The van der Waals surface area contributed by atoms with Crippen LogP contribution in [0.15, 0.2) is 23.5 Å². The minimum atomic E-state index is -0.351. The van der Waals surface area contributed by atoms with Gasteiger partial charge in [0, 0.05) is 29.9 Å². The van der Waals surface area contributed by atoms with Crippen molar-refractivity contribution in [3.05, 3.63) is 24.0 Å². The van der Waals surface area contributed by atoms with Crippen molar-refractivity contribution in [1.82, 2.24) is 10.3 Å². The number of amides is 1. The number of rotatable bonds is 5. The predicted molar refractivity (Wildman–Crippen MR) is 114 cm³/mol. The molecular weight excluding hydrogens is 370 g/mol. The highest BCUT2D eigenvalue weighted by atomic mass is 16.5.